The van der Waals surface area contributed by atoms with Gasteiger partial charge in [0.1, 0.15) is 0 Å². The van der Waals surface area contributed by atoms with Gasteiger partial charge in [-0.25, -0.2) is 4.79 Å². The molecule has 4 nitrogen and oxygen atoms in total. The Kier molecular flexibility index (Phi) is 6.15. The molecular weight excluding hydrogens is 248 g/mol. The summed E-state index contributed by atoms with van der Waals surface area (Å²) in [6.45, 7) is 6.43. The van der Waals surface area contributed by atoms with Gasteiger partial charge in [-0.15, -0.1) is 11.3 Å². The number of carbonyl (C=O) groups is 1. The number of aryl methyl sites for hydroxylation is 1. The van der Waals surface area contributed by atoms with Gasteiger partial charge in [0.25, 0.3) is 0 Å². The normalized spacial score (nSPS) is 14.0. The van der Waals surface area contributed by atoms with E-state index < -0.39 is 0 Å². The van der Waals surface area contributed by atoms with Gasteiger partial charge in [-0.3, -0.25) is 0 Å². The molecule has 18 heavy (non-hydrogen) atoms. The van der Waals surface area contributed by atoms with Crippen LogP contribution in [0, 0.1) is 6.92 Å². The molecule has 0 fully saturated rings. The van der Waals surface area contributed by atoms with E-state index in [0.717, 1.165) is 4.88 Å². The molecule has 1 heterocycles. The average Bonchev–Trinajstić information content (AvgIpc) is 2.75. The molecule has 1 aromatic rings. The second kappa shape index (κ2) is 7.38. The van der Waals surface area contributed by atoms with E-state index in [2.05, 4.69) is 10.6 Å². The van der Waals surface area contributed by atoms with E-state index >= 15 is 0 Å². The molecular formula is C13H22N2O2S. The predicted molar refractivity (Wildman–Crippen MR) is 74.9 cm³/mol. The molecule has 0 bridgehead atoms. The summed E-state index contributed by atoms with van der Waals surface area (Å²) in [5.74, 6) is 0. The third-order valence-electron chi connectivity index (χ3n) is 2.77. The maximum atomic E-state index is 11.6. The molecule has 2 atom stereocenters. The lowest BCUT2D eigenvalue weighted by atomic mass is 10.2. The number of hydrogen-bond acceptors (Lipinski definition) is 3. The van der Waals surface area contributed by atoms with Crippen molar-refractivity contribution in [2.45, 2.75) is 45.8 Å². The van der Waals surface area contributed by atoms with E-state index in [0.29, 0.717) is 19.4 Å². The van der Waals surface area contributed by atoms with E-state index in [1.54, 1.807) is 11.3 Å². The van der Waals surface area contributed by atoms with Crippen LogP contribution in [0.1, 0.15) is 42.5 Å². The van der Waals surface area contributed by atoms with Crippen molar-refractivity contribution >= 4 is 17.4 Å². The summed E-state index contributed by atoms with van der Waals surface area (Å²) in [5, 5.41) is 15.0. The van der Waals surface area contributed by atoms with E-state index in [1.807, 2.05) is 32.9 Å². The molecule has 0 aromatic carbocycles. The number of nitrogens with one attached hydrogen (secondary N) is 2. The zero-order chi connectivity index (χ0) is 13.5. The van der Waals surface area contributed by atoms with E-state index in [9.17, 15) is 9.90 Å². The van der Waals surface area contributed by atoms with Gasteiger partial charge in [0.15, 0.2) is 0 Å². The summed E-state index contributed by atoms with van der Waals surface area (Å²) < 4.78 is 0. The summed E-state index contributed by atoms with van der Waals surface area (Å²) >= 11 is 1.69. The van der Waals surface area contributed by atoms with Gasteiger partial charge < -0.3 is 15.7 Å². The number of hydrogen-bond donors (Lipinski definition) is 3. The number of amides is 2. The lowest BCUT2D eigenvalue weighted by Gasteiger charge is -2.14. The Morgan fingerprint density at radius 3 is 2.78 bits per heavy atom. The molecule has 3 N–H and O–H groups in total. The third-order valence-corrected chi connectivity index (χ3v) is 3.95. The van der Waals surface area contributed by atoms with Crippen molar-refractivity contribution in [2.24, 2.45) is 0 Å². The van der Waals surface area contributed by atoms with Crippen LogP contribution in [0.2, 0.25) is 0 Å². The smallest absolute Gasteiger partial charge is 0.315 e. The maximum Gasteiger partial charge on any atom is 0.315 e. The summed E-state index contributed by atoms with van der Waals surface area (Å²) in [4.78, 5) is 14.0. The first kappa shape index (κ1) is 15.0. The fourth-order valence-electron chi connectivity index (χ4n) is 1.56. The highest BCUT2D eigenvalue weighted by atomic mass is 32.1. The summed E-state index contributed by atoms with van der Waals surface area (Å²) in [5.41, 5.74) is 0. The van der Waals surface area contributed by atoms with Gasteiger partial charge in [0, 0.05) is 16.3 Å². The first-order valence-electron chi connectivity index (χ1n) is 6.31. The first-order valence-corrected chi connectivity index (χ1v) is 7.13. The van der Waals surface area contributed by atoms with Gasteiger partial charge in [-0.05, 0) is 38.8 Å². The molecule has 1 rings (SSSR count). The highest BCUT2D eigenvalue weighted by Gasteiger charge is 2.11. The fourth-order valence-corrected chi connectivity index (χ4v) is 2.44. The Morgan fingerprint density at radius 1 is 1.50 bits per heavy atom. The van der Waals surface area contributed by atoms with Gasteiger partial charge in [0.2, 0.25) is 0 Å². The number of aliphatic hydroxyl groups excluding tert-OH is 1. The molecule has 1 aromatic heterocycles. The van der Waals surface area contributed by atoms with Crippen molar-refractivity contribution < 1.29 is 9.90 Å². The molecule has 2 amide bonds. The molecule has 0 radical (unpaired) electrons. The van der Waals surface area contributed by atoms with Crippen LogP contribution >= 0.6 is 11.3 Å². The van der Waals surface area contributed by atoms with Crippen molar-refractivity contribution in [3.05, 3.63) is 21.9 Å². The predicted octanol–water partition coefficient (Wildman–Crippen LogP) is 2.58. The Labute approximate surface area is 112 Å². The first-order chi connectivity index (χ1) is 8.52. The van der Waals surface area contributed by atoms with Gasteiger partial charge in [-0.2, -0.15) is 0 Å². The van der Waals surface area contributed by atoms with Crippen LogP contribution < -0.4 is 10.6 Å². The minimum Gasteiger partial charge on any atom is -0.393 e. The topological polar surface area (TPSA) is 61.4 Å². The molecule has 0 spiro atoms. The zero-order valence-corrected chi connectivity index (χ0v) is 12.0. The number of urea groups is 1. The van der Waals surface area contributed by atoms with Crippen LogP contribution in [-0.4, -0.2) is 23.8 Å². The fraction of sp³-hybridized carbons (Fsp3) is 0.615. The highest BCUT2D eigenvalue weighted by Crippen LogP contribution is 2.21. The van der Waals surface area contributed by atoms with Crippen LogP contribution in [0.4, 0.5) is 4.79 Å². The number of rotatable bonds is 6. The number of thiophene rings is 1. The molecule has 0 unspecified atom stereocenters. The monoisotopic (exact) mass is 270 g/mol. The lowest BCUT2D eigenvalue weighted by molar-refractivity contribution is 0.160. The molecule has 5 heteroatoms. The third kappa shape index (κ3) is 5.06. The second-order valence-electron chi connectivity index (χ2n) is 4.42. The quantitative estimate of drug-likeness (QED) is 0.744. The van der Waals surface area contributed by atoms with E-state index in [4.69, 9.17) is 0 Å². The maximum absolute atomic E-state index is 11.6. The van der Waals surface area contributed by atoms with E-state index in [-0.39, 0.29) is 18.2 Å². The van der Waals surface area contributed by atoms with Crippen LogP contribution in [-0.2, 0) is 0 Å². The summed E-state index contributed by atoms with van der Waals surface area (Å²) in [7, 11) is 0. The Balaban J connectivity index is 2.27. The molecule has 0 aliphatic heterocycles. The Bertz CT molecular complexity index is 379. The van der Waals surface area contributed by atoms with Gasteiger partial charge in [0.05, 0.1) is 12.1 Å². The molecule has 102 valence electrons. The summed E-state index contributed by atoms with van der Waals surface area (Å²) in [6.07, 6.45) is 0.979. The van der Waals surface area contributed by atoms with E-state index in [1.165, 1.54) is 4.88 Å². The van der Waals surface area contributed by atoms with Crippen LogP contribution in [0.25, 0.3) is 0 Å². The standard InChI is InChI=1S/C13H22N2O2S/c1-4-11(16)7-8-14-13(17)15-10(3)12-6-5-9(2)18-12/h5-6,10-11,16H,4,7-8H2,1-3H3,(H2,14,15,17)/t10-,11-/m0/s1. The van der Waals surface area contributed by atoms with Crippen molar-refractivity contribution in [3.63, 3.8) is 0 Å². The minimum absolute atomic E-state index is 0.0137. The second-order valence-corrected chi connectivity index (χ2v) is 5.74. The van der Waals surface area contributed by atoms with Crippen molar-refractivity contribution in [1.29, 1.82) is 0 Å². The Hall–Kier alpha value is -1.07. The SMILES string of the molecule is CC[C@H](O)CCNC(=O)N[C@@H](C)c1ccc(C)s1. The largest absolute Gasteiger partial charge is 0.393 e. The number of aliphatic hydroxyl groups is 1. The molecule has 0 saturated heterocycles. The highest BCUT2D eigenvalue weighted by molar-refractivity contribution is 7.12. The average molecular weight is 270 g/mol. The van der Waals surface area contributed by atoms with Gasteiger partial charge >= 0.3 is 6.03 Å². The van der Waals surface area contributed by atoms with Crippen LogP contribution in [0.3, 0.4) is 0 Å². The lowest BCUT2D eigenvalue weighted by Crippen LogP contribution is -2.38. The molecule has 0 aliphatic rings. The molecule has 0 aliphatic carbocycles. The van der Waals surface area contributed by atoms with Crippen molar-refractivity contribution in [1.82, 2.24) is 10.6 Å². The summed E-state index contributed by atoms with van der Waals surface area (Å²) in [6, 6.07) is 3.91. The van der Waals surface area contributed by atoms with Crippen molar-refractivity contribution in [2.75, 3.05) is 6.54 Å². The van der Waals surface area contributed by atoms with Gasteiger partial charge in [-0.1, -0.05) is 6.92 Å². The number of carbonyl (C=O) groups excluding carboxylic acids is 1. The minimum atomic E-state index is -0.331. The molecule has 0 saturated carbocycles. The van der Waals surface area contributed by atoms with Crippen LogP contribution in [0.5, 0.6) is 0 Å². The Morgan fingerprint density at radius 2 is 2.22 bits per heavy atom. The zero-order valence-electron chi connectivity index (χ0n) is 11.2. The van der Waals surface area contributed by atoms with Crippen molar-refractivity contribution in [3.8, 4) is 0 Å². The van der Waals surface area contributed by atoms with Crippen LogP contribution in [0.15, 0.2) is 12.1 Å².